The van der Waals surface area contributed by atoms with Gasteiger partial charge in [0.1, 0.15) is 5.75 Å². The molecule has 0 aromatic heterocycles. The number of ether oxygens (including phenoxy) is 1. The Morgan fingerprint density at radius 3 is 2.64 bits per heavy atom. The number of rotatable bonds is 2. The molecule has 0 heterocycles. The Morgan fingerprint density at radius 2 is 2.00 bits per heavy atom. The zero-order chi connectivity index (χ0) is 16.1. The molecule has 1 saturated carbocycles. The lowest BCUT2D eigenvalue weighted by molar-refractivity contribution is -0.140. The fourth-order valence-corrected chi connectivity index (χ4v) is 5.08. The zero-order valence-corrected chi connectivity index (χ0v) is 14.0. The maximum Gasteiger partial charge on any atom is 0.310 e. The number of methoxy groups -OCH3 is 1. The van der Waals surface area contributed by atoms with E-state index in [9.17, 15) is 9.90 Å². The summed E-state index contributed by atoms with van der Waals surface area (Å²) in [5.74, 6) is 0.133. The summed E-state index contributed by atoms with van der Waals surface area (Å²) in [5.41, 5.74) is 2.42. The summed E-state index contributed by atoms with van der Waals surface area (Å²) in [4.78, 5) is 11.8. The van der Waals surface area contributed by atoms with Crippen molar-refractivity contribution in [1.82, 2.24) is 0 Å². The van der Waals surface area contributed by atoms with E-state index >= 15 is 0 Å². The molecule has 1 N–H and O–H groups in total. The van der Waals surface area contributed by atoms with E-state index in [-0.39, 0.29) is 10.8 Å². The summed E-state index contributed by atoms with van der Waals surface area (Å²) >= 11 is 0. The molecule has 0 bridgehead atoms. The van der Waals surface area contributed by atoms with Gasteiger partial charge in [0.25, 0.3) is 0 Å². The van der Waals surface area contributed by atoms with Crippen LogP contribution in [0.3, 0.4) is 0 Å². The Balaban J connectivity index is 2.20. The van der Waals surface area contributed by atoms with Gasteiger partial charge in [0.2, 0.25) is 0 Å². The molecule has 120 valence electrons. The number of carbonyl (C=O) groups is 1. The Kier molecular flexibility index (Phi) is 3.50. The quantitative estimate of drug-likeness (QED) is 0.883. The summed E-state index contributed by atoms with van der Waals surface area (Å²) in [6.07, 6.45) is 4.26. The number of carboxylic acids is 1. The van der Waals surface area contributed by atoms with Gasteiger partial charge in [0, 0.05) is 0 Å². The van der Waals surface area contributed by atoms with E-state index in [1.807, 2.05) is 12.1 Å². The fraction of sp³-hybridized carbons (Fsp3) is 0.632. The second-order valence-electron chi connectivity index (χ2n) is 7.89. The monoisotopic (exact) mass is 302 g/mol. The van der Waals surface area contributed by atoms with Crippen molar-refractivity contribution in [2.24, 2.45) is 11.3 Å². The first kappa shape index (κ1) is 15.4. The third-order valence-corrected chi connectivity index (χ3v) is 6.25. The summed E-state index contributed by atoms with van der Waals surface area (Å²) in [7, 11) is 1.67. The molecule has 2 aliphatic carbocycles. The Hall–Kier alpha value is -1.51. The maximum atomic E-state index is 11.8. The Labute approximate surface area is 132 Å². The van der Waals surface area contributed by atoms with E-state index in [1.54, 1.807) is 7.11 Å². The van der Waals surface area contributed by atoms with Crippen LogP contribution in [0.25, 0.3) is 0 Å². The molecule has 0 amide bonds. The van der Waals surface area contributed by atoms with Gasteiger partial charge < -0.3 is 9.84 Å². The van der Waals surface area contributed by atoms with Crippen LogP contribution in [0.2, 0.25) is 0 Å². The number of aliphatic carboxylic acids is 1. The Morgan fingerprint density at radius 1 is 1.27 bits per heavy atom. The summed E-state index contributed by atoms with van der Waals surface area (Å²) in [5, 5.41) is 9.72. The minimum Gasteiger partial charge on any atom is -0.497 e. The predicted octanol–water partition coefficient (Wildman–Crippen LogP) is 4.35. The second-order valence-corrected chi connectivity index (χ2v) is 7.89. The van der Waals surface area contributed by atoms with Crippen LogP contribution in [-0.2, 0) is 10.2 Å². The number of hydrogen-bond acceptors (Lipinski definition) is 2. The van der Waals surface area contributed by atoms with Crippen LogP contribution in [0.15, 0.2) is 18.2 Å². The Bertz CT molecular complexity index is 605. The lowest BCUT2D eigenvalue weighted by Gasteiger charge is -2.55. The highest BCUT2D eigenvalue weighted by Crippen LogP contribution is 2.59. The summed E-state index contributed by atoms with van der Waals surface area (Å²) in [6.45, 7) is 6.94. The van der Waals surface area contributed by atoms with Crippen molar-refractivity contribution in [3.8, 4) is 5.75 Å². The molecular formula is C19H26O3. The van der Waals surface area contributed by atoms with Crippen molar-refractivity contribution in [1.29, 1.82) is 0 Å². The molecule has 0 saturated heterocycles. The largest absolute Gasteiger partial charge is 0.497 e. The van der Waals surface area contributed by atoms with Crippen LogP contribution in [0.1, 0.15) is 63.5 Å². The van der Waals surface area contributed by atoms with Crippen LogP contribution in [-0.4, -0.2) is 18.2 Å². The highest BCUT2D eigenvalue weighted by molar-refractivity contribution is 5.78. The van der Waals surface area contributed by atoms with Crippen LogP contribution >= 0.6 is 0 Å². The molecule has 0 unspecified atom stereocenters. The topological polar surface area (TPSA) is 46.5 Å². The van der Waals surface area contributed by atoms with Crippen molar-refractivity contribution >= 4 is 5.97 Å². The molecule has 0 spiro atoms. The fourth-order valence-electron chi connectivity index (χ4n) is 5.08. The van der Waals surface area contributed by atoms with Crippen LogP contribution in [0.4, 0.5) is 0 Å². The van der Waals surface area contributed by atoms with Crippen LogP contribution in [0.5, 0.6) is 5.75 Å². The average molecular weight is 302 g/mol. The van der Waals surface area contributed by atoms with Gasteiger partial charge in [-0.25, -0.2) is 0 Å². The van der Waals surface area contributed by atoms with Crippen molar-refractivity contribution in [3.63, 3.8) is 0 Å². The molecule has 22 heavy (non-hydrogen) atoms. The molecule has 1 aromatic carbocycles. The van der Waals surface area contributed by atoms with E-state index in [2.05, 4.69) is 26.8 Å². The SMILES string of the molecule is COc1ccc2c(c1)[C@@]1(C)CCCC(C)(C)[C@@H]1C[C@@H]2C(=O)O. The summed E-state index contributed by atoms with van der Waals surface area (Å²) in [6, 6.07) is 5.95. The highest BCUT2D eigenvalue weighted by Gasteiger charge is 2.53. The zero-order valence-electron chi connectivity index (χ0n) is 14.0. The van der Waals surface area contributed by atoms with Gasteiger partial charge in [-0.1, -0.05) is 33.3 Å². The standard InChI is InChI=1S/C19H26O3/c1-18(2)8-5-9-19(3)15-10-12(22-4)6-7-13(15)14(17(20)21)11-16(18)19/h6-7,10,14,16H,5,8-9,11H2,1-4H3,(H,20,21)/t14-,16-,19+/m0/s1. The lowest BCUT2D eigenvalue weighted by Crippen LogP contribution is -2.49. The number of carboxylic acid groups (broad SMARTS) is 1. The average Bonchev–Trinajstić information content (AvgIpc) is 2.45. The first-order valence-electron chi connectivity index (χ1n) is 8.21. The van der Waals surface area contributed by atoms with Gasteiger partial charge >= 0.3 is 5.97 Å². The normalized spacial score (nSPS) is 32.7. The third kappa shape index (κ3) is 2.13. The maximum absolute atomic E-state index is 11.8. The smallest absolute Gasteiger partial charge is 0.310 e. The van der Waals surface area contributed by atoms with E-state index in [0.717, 1.165) is 24.2 Å². The van der Waals surface area contributed by atoms with Crippen molar-refractivity contribution in [3.05, 3.63) is 29.3 Å². The van der Waals surface area contributed by atoms with Crippen LogP contribution in [0, 0.1) is 11.3 Å². The molecule has 3 heteroatoms. The number of hydrogen-bond donors (Lipinski definition) is 1. The number of fused-ring (bicyclic) bond motifs is 3. The van der Waals surface area contributed by atoms with Gasteiger partial charge in [-0.05, 0) is 59.3 Å². The molecule has 1 aromatic rings. The van der Waals surface area contributed by atoms with E-state index in [1.165, 1.54) is 18.4 Å². The molecule has 3 rings (SSSR count). The van der Waals surface area contributed by atoms with Crippen molar-refractivity contribution < 1.29 is 14.6 Å². The van der Waals surface area contributed by atoms with Crippen LogP contribution < -0.4 is 4.74 Å². The first-order chi connectivity index (χ1) is 10.3. The van der Waals surface area contributed by atoms with Gasteiger partial charge in [-0.15, -0.1) is 0 Å². The molecule has 1 fully saturated rings. The van der Waals surface area contributed by atoms with E-state index in [4.69, 9.17) is 4.74 Å². The van der Waals surface area contributed by atoms with Crippen molar-refractivity contribution in [2.45, 2.75) is 57.8 Å². The second kappa shape index (κ2) is 5.00. The first-order valence-corrected chi connectivity index (χ1v) is 8.21. The number of benzene rings is 1. The minimum atomic E-state index is -0.699. The molecular weight excluding hydrogens is 276 g/mol. The van der Waals surface area contributed by atoms with E-state index in [0.29, 0.717) is 5.92 Å². The molecule has 2 aliphatic rings. The van der Waals surface area contributed by atoms with Gasteiger partial charge in [-0.3, -0.25) is 4.79 Å². The minimum absolute atomic E-state index is 0.0531. The van der Waals surface area contributed by atoms with Gasteiger partial charge in [0.15, 0.2) is 0 Å². The highest BCUT2D eigenvalue weighted by atomic mass is 16.5. The third-order valence-electron chi connectivity index (χ3n) is 6.25. The van der Waals surface area contributed by atoms with Crippen molar-refractivity contribution in [2.75, 3.05) is 7.11 Å². The molecule has 3 atom stereocenters. The molecule has 3 nitrogen and oxygen atoms in total. The van der Waals surface area contributed by atoms with Gasteiger partial charge in [-0.2, -0.15) is 0 Å². The van der Waals surface area contributed by atoms with Gasteiger partial charge in [0.05, 0.1) is 13.0 Å². The predicted molar refractivity (Wildman–Crippen MR) is 86.5 cm³/mol. The molecule has 0 aliphatic heterocycles. The molecule has 0 radical (unpaired) electrons. The lowest BCUT2D eigenvalue weighted by atomic mass is 9.49. The van der Waals surface area contributed by atoms with E-state index < -0.39 is 11.9 Å². The summed E-state index contributed by atoms with van der Waals surface area (Å²) < 4.78 is 5.41.